The fourth-order valence-corrected chi connectivity index (χ4v) is 2.22. The topological polar surface area (TPSA) is 66.0 Å². The van der Waals surface area contributed by atoms with Gasteiger partial charge in [-0.15, -0.1) is 5.10 Å². The predicted octanol–water partition coefficient (Wildman–Crippen LogP) is 2.44. The third kappa shape index (κ3) is 3.54. The highest BCUT2D eigenvalue weighted by atomic mass is 28.4. The summed E-state index contributed by atoms with van der Waals surface area (Å²) in [6.45, 7) is 13.9. The van der Waals surface area contributed by atoms with Gasteiger partial charge < -0.3 is 10.2 Å². The minimum atomic E-state index is -1.69. The number of rotatable bonds is 4. The van der Waals surface area contributed by atoms with E-state index in [1.807, 2.05) is 0 Å². The van der Waals surface area contributed by atoms with Gasteiger partial charge in [-0.2, -0.15) is 0 Å². The summed E-state index contributed by atoms with van der Waals surface area (Å²) in [7, 11) is -1.69. The van der Waals surface area contributed by atoms with Crippen LogP contribution in [-0.2, 0) is 4.43 Å². The fraction of sp³-hybridized carbons (Fsp3) is 0.818. The van der Waals surface area contributed by atoms with Gasteiger partial charge in [0.25, 0.3) is 0 Å². The van der Waals surface area contributed by atoms with Gasteiger partial charge in [-0.3, -0.25) is 0 Å². The quantitative estimate of drug-likeness (QED) is 0.840. The zero-order chi connectivity index (χ0) is 13.3. The molecule has 0 fully saturated rings. The maximum absolute atomic E-state index is 6.13. The number of nitrogens with zero attached hydrogens (tertiary/aromatic N) is 3. The van der Waals surface area contributed by atoms with Crippen LogP contribution in [0.2, 0.25) is 18.1 Å². The molecule has 1 aromatic rings. The third-order valence-electron chi connectivity index (χ3n) is 3.47. The number of hydrogen-bond acceptors (Lipinski definition) is 4. The van der Waals surface area contributed by atoms with Crippen molar-refractivity contribution in [3.8, 4) is 0 Å². The second-order valence-electron chi connectivity index (χ2n) is 6.04. The first kappa shape index (κ1) is 14.2. The van der Waals surface area contributed by atoms with E-state index in [-0.39, 0.29) is 11.1 Å². The van der Waals surface area contributed by atoms with E-state index >= 15 is 0 Å². The second kappa shape index (κ2) is 4.78. The van der Waals surface area contributed by atoms with Crippen LogP contribution in [0, 0.1) is 0 Å². The van der Waals surface area contributed by atoms with Gasteiger partial charge in [0.2, 0.25) is 0 Å². The van der Waals surface area contributed by atoms with Gasteiger partial charge in [-0.05, 0) is 25.1 Å². The molecule has 0 aliphatic heterocycles. The molecule has 0 aromatic carbocycles. The Morgan fingerprint density at radius 3 is 2.47 bits per heavy atom. The van der Waals surface area contributed by atoms with Crippen LogP contribution in [0.15, 0.2) is 6.20 Å². The molecule has 0 amide bonds. The molecule has 0 saturated carbocycles. The van der Waals surface area contributed by atoms with Crippen molar-refractivity contribution in [3.05, 3.63) is 6.20 Å². The Labute approximate surface area is 104 Å². The van der Waals surface area contributed by atoms with Gasteiger partial charge in [0.1, 0.15) is 0 Å². The summed E-state index contributed by atoms with van der Waals surface area (Å²) in [6, 6.07) is 0.161. The molecule has 2 N–H and O–H groups in total. The van der Waals surface area contributed by atoms with Crippen molar-refractivity contribution in [2.45, 2.75) is 51.9 Å². The molecule has 0 spiro atoms. The summed E-state index contributed by atoms with van der Waals surface area (Å²) in [4.78, 5) is 0. The van der Waals surface area contributed by atoms with Crippen molar-refractivity contribution in [1.29, 1.82) is 0 Å². The molecule has 17 heavy (non-hydrogen) atoms. The Hall–Kier alpha value is -0.883. The molecule has 1 atom stereocenters. The molecule has 1 rings (SSSR count). The van der Waals surface area contributed by atoms with Crippen LogP contribution in [0.25, 0.3) is 0 Å². The normalized spacial score (nSPS) is 14.9. The number of hydrogen-bond donors (Lipinski definition) is 1. The molecule has 98 valence electrons. The zero-order valence-corrected chi connectivity index (χ0v) is 12.7. The summed E-state index contributed by atoms with van der Waals surface area (Å²) in [5.41, 5.74) is 5.54. The lowest BCUT2D eigenvalue weighted by atomic mass is 10.2. The van der Waals surface area contributed by atoms with Gasteiger partial charge in [0.05, 0.1) is 18.8 Å². The number of anilines is 1. The number of aromatic nitrogens is 3. The second-order valence-corrected chi connectivity index (χ2v) is 10.9. The molecule has 6 heteroatoms. The average molecular weight is 256 g/mol. The van der Waals surface area contributed by atoms with Crippen LogP contribution < -0.4 is 5.73 Å². The van der Waals surface area contributed by atoms with E-state index in [9.17, 15) is 0 Å². The minimum Gasteiger partial charge on any atom is -0.415 e. The molecule has 0 saturated heterocycles. The smallest absolute Gasteiger partial charge is 0.192 e. The molecule has 5 nitrogen and oxygen atoms in total. The maximum atomic E-state index is 6.13. The number of nitrogen functional groups attached to an aromatic ring is 1. The van der Waals surface area contributed by atoms with Gasteiger partial charge >= 0.3 is 0 Å². The largest absolute Gasteiger partial charge is 0.415 e. The van der Waals surface area contributed by atoms with Crippen molar-refractivity contribution in [2.24, 2.45) is 0 Å². The van der Waals surface area contributed by atoms with Crippen LogP contribution >= 0.6 is 0 Å². The molecule has 1 heterocycles. The van der Waals surface area contributed by atoms with Crippen molar-refractivity contribution in [3.63, 3.8) is 0 Å². The Morgan fingerprint density at radius 1 is 1.47 bits per heavy atom. The van der Waals surface area contributed by atoms with Gasteiger partial charge in [-0.1, -0.05) is 26.0 Å². The Balaban J connectivity index is 2.57. The molecule has 0 aliphatic rings. The molecular weight excluding hydrogens is 232 g/mol. The maximum Gasteiger partial charge on any atom is 0.192 e. The summed E-state index contributed by atoms with van der Waals surface area (Å²) in [6.07, 6.45) is 1.74. The summed E-state index contributed by atoms with van der Waals surface area (Å²) in [5.74, 6) is 0.448. The first-order chi connectivity index (χ1) is 7.63. The Bertz CT molecular complexity index is 370. The van der Waals surface area contributed by atoms with Crippen LogP contribution in [0.5, 0.6) is 0 Å². The van der Waals surface area contributed by atoms with E-state index in [0.717, 1.165) is 0 Å². The molecule has 0 radical (unpaired) electrons. The van der Waals surface area contributed by atoms with E-state index in [2.05, 4.69) is 51.1 Å². The standard InChI is InChI=1S/C11H24N4OSi/c1-9(15-7-10(12)13-14-15)8-16-17(5,6)11(2,3)4/h7,9H,8,12H2,1-6H3/t9-/m0/s1. The first-order valence-electron chi connectivity index (χ1n) is 5.95. The van der Waals surface area contributed by atoms with E-state index in [4.69, 9.17) is 10.2 Å². The molecule has 0 bridgehead atoms. The van der Waals surface area contributed by atoms with Crippen LogP contribution in [0.3, 0.4) is 0 Å². The number of nitrogens with two attached hydrogens (primary N) is 1. The van der Waals surface area contributed by atoms with E-state index < -0.39 is 8.32 Å². The minimum absolute atomic E-state index is 0.161. The highest BCUT2D eigenvalue weighted by Crippen LogP contribution is 2.36. The first-order valence-corrected chi connectivity index (χ1v) is 8.85. The van der Waals surface area contributed by atoms with Crippen LogP contribution in [0.4, 0.5) is 5.82 Å². The molecule has 1 aromatic heterocycles. The van der Waals surface area contributed by atoms with E-state index in [1.54, 1.807) is 10.9 Å². The zero-order valence-electron chi connectivity index (χ0n) is 11.7. The van der Waals surface area contributed by atoms with Gasteiger partial charge in [0, 0.05) is 0 Å². The molecular formula is C11H24N4OSi. The van der Waals surface area contributed by atoms with E-state index in [0.29, 0.717) is 12.4 Å². The van der Waals surface area contributed by atoms with Crippen molar-refractivity contribution >= 4 is 14.1 Å². The monoisotopic (exact) mass is 256 g/mol. The summed E-state index contributed by atoms with van der Waals surface area (Å²) in [5, 5.41) is 7.96. The predicted molar refractivity (Wildman–Crippen MR) is 72.3 cm³/mol. The molecule has 0 unspecified atom stereocenters. The lowest BCUT2D eigenvalue weighted by Crippen LogP contribution is -2.42. The lowest BCUT2D eigenvalue weighted by molar-refractivity contribution is 0.228. The van der Waals surface area contributed by atoms with Crippen molar-refractivity contribution in [2.75, 3.05) is 12.3 Å². The summed E-state index contributed by atoms with van der Waals surface area (Å²) >= 11 is 0. The lowest BCUT2D eigenvalue weighted by Gasteiger charge is -2.36. The SMILES string of the molecule is C[C@@H](CO[Si](C)(C)C(C)(C)C)n1cc(N)nn1. The average Bonchev–Trinajstić information content (AvgIpc) is 2.59. The Kier molecular flexibility index (Phi) is 3.98. The van der Waals surface area contributed by atoms with Crippen molar-refractivity contribution in [1.82, 2.24) is 15.0 Å². The highest BCUT2D eigenvalue weighted by Gasteiger charge is 2.37. The van der Waals surface area contributed by atoms with E-state index in [1.165, 1.54) is 0 Å². The van der Waals surface area contributed by atoms with Crippen LogP contribution in [0.1, 0.15) is 33.7 Å². The van der Waals surface area contributed by atoms with Crippen molar-refractivity contribution < 1.29 is 4.43 Å². The van der Waals surface area contributed by atoms with Gasteiger partial charge in [-0.25, -0.2) is 4.68 Å². The summed E-state index contributed by atoms with van der Waals surface area (Å²) < 4.78 is 7.88. The fourth-order valence-electron chi connectivity index (χ4n) is 1.13. The Morgan fingerprint density at radius 2 is 2.06 bits per heavy atom. The van der Waals surface area contributed by atoms with Gasteiger partial charge in [0.15, 0.2) is 14.1 Å². The highest BCUT2D eigenvalue weighted by molar-refractivity contribution is 6.74. The molecule has 0 aliphatic carbocycles. The van der Waals surface area contributed by atoms with Crippen LogP contribution in [-0.4, -0.2) is 29.9 Å². The third-order valence-corrected chi connectivity index (χ3v) is 7.97.